The van der Waals surface area contributed by atoms with Gasteiger partial charge in [-0.15, -0.1) is 0 Å². The fourth-order valence-corrected chi connectivity index (χ4v) is 5.37. The molecule has 5 rings (SSSR count). The number of nitrogens with one attached hydrogen (secondary N) is 2. The zero-order chi connectivity index (χ0) is 30.7. The minimum atomic E-state index is -0.320. The van der Waals surface area contributed by atoms with E-state index in [4.69, 9.17) is 9.72 Å². The highest BCUT2D eigenvalue weighted by Gasteiger charge is 2.35. The van der Waals surface area contributed by atoms with Gasteiger partial charge in [-0.2, -0.15) is 4.98 Å². The van der Waals surface area contributed by atoms with E-state index in [1.165, 1.54) is 0 Å². The monoisotopic (exact) mass is 586 g/mol. The highest BCUT2D eigenvalue weighted by Crippen LogP contribution is 2.36. The van der Waals surface area contributed by atoms with E-state index in [-0.39, 0.29) is 17.9 Å². The Kier molecular flexibility index (Phi) is 9.00. The molecule has 2 aromatic carbocycles. The number of likely N-dealkylation sites (N-methyl/N-ethyl adjacent to an activating group) is 2. The number of nitrogens with zero attached hydrogens (tertiary/aromatic N) is 6. The van der Waals surface area contributed by atoms with E-state index in [1.807, 2.05) is 43.3 Å². The average Bonchev–Trinajstić information content (AvgIpc) is 3.01. The van der Waals surface area contributed by atoms with E-state index in [0.29, 0.717) is 46.1 Å². The first kappa shape index (κ1) is 30.1. The summed E-state index contributed by atoms with van der Waals surface area (Å²) in [6.07, 6.45) is 2.61. The summed E-state index contributed by atoms with van der Waals surface area (Å²) in [5.41, 5.74) is 3.65. The van der Waals surface area contributed by atoms with Crippen LogP contribution < -0.4 is 30.1 Å². The molecule has 2 aliphatic rings. The number of ether oxygens (including phenoxy) is 1. The van der Waals surface area contributed by atoms with Crippen molar-refractivity contribution in [2.75, 3.05) is 79.3 Å². The molecule has 0 saturated carbocycles. The fraction of sp³-hybridized carbons (Fsp3) is 0.438. The number of rotatable bonds is 9. The molecule has 2 N–H and O–H groups in total. The summed E-state index contributed by atoms with van der Waals surface area (Å²) in [4.78, 5) is 43.5. The molecule has 0 spiro atoms. The van der Waals surface area contributed by atoms with E-state index >= 15 is 0 Å². The van der Waals surface area contributed by atoms with Crippen molar-refractivity contribution < 1.29 is 14.3 Å². The SMILES string of the molecule is COc1cc(NC(=O)c2ccc(N3CCN(C)CC3)cc2)ccc1Nc1ncc2c(n1)N(CCC(C)C)[C@H](C)C(=O)N2C. The second-order valence-corrected chi connectivity index (χ2v) is 11.7. The lowest BCUT2D eigenvalue weighted by molar-refractivity contribution is -0.119. The molecule has 0 bridgehead atoms. The van der Waals surface area contributed by atoms with Crippen molar-refractivity contribution in [2.24, 2.45) is 5.92 Å². The maximum atomic E-state index is 13.0. The normalized spacial score (nSPS) is 17.2. The van der Waals surface area contributed by atoms with Crippen molar-refractivity contribution in [3.05, 3.63) is 54.2 Å². The quantitative estimate of drug-likeness (QED) is 0.376. The van der Waals surface area contributed by atoms with Gasteiger partial charge in [0.05, 0.1) is 19.0 Å². The molecule has 1 atom stereocenters. The minimum absolute atomic E-state index is 0.0193. The number of aromatic nitrogens is 2. The van der Waals surface area contributed by atoms with Gasteiger partial charge in [0.25, 0.3) is 5.91 Å². The van der Waals surface area contributed by atoms with Crippen LogP contribution in [0.5, 0.6) is 5.75 Å². The van der Waals surface area contributed by atoms with Crippen LogP contribution in [0.3, 0.4) is 0 Å². The van der Waals surface area contributed by atoms with E-state index in [2.05, 4.69) is 51.2 Å². The summed E-state index contributed by atoms with van der Waals surface area (Å²) in [5.74, 6) is 1.95. The Morgan fingerprint density at radius 3 is 2.47 bits per heavy atom. The number of amides is 2. The molecule has 2 amide bonds. The zero-order valence-corrected chi connectivity index (χ0v) is 25.9. The summed E-state index contributed by atoms with van der Waals surface area (Å²) >= 11 is 0. The van der Waals surface area contributed by atoms with Gasteiger partial charge in [0.2, 0.25) is 11.9 Å². The first-order valence-electron chi connectivity index (χ1n) is 14.9. The standard InChI is InChI=1S/C32H42N8O3/c1-21(2)13-14-40-22(3)31(42)38(5)27-20-33-32(36-29(27)40)35-26-12-9-24(19-28(26)43-6)34-30(41)23-7-10-25(11-8-23)39-17-15-37(4)16-18-39/h7-12,19-22H,13-18H2,1-6H3,(H,34,41)(H,33,35,36)/t22-/m1/s1. The van der Waals surface area contributed by atoms with Crippen LogP contribution in [0, 0.1) is 5.92 Å². The molecule has 2 aliphatic heterocycles. The number of carbonyl (C=O) groups is 2. The Bertz CT molecular complexity index is 1450. The minimum Gasteiger partial charge on any atom is -0.494 e. The van der Waals surface area contributed by atoms with Gasteiger partial charge in [-0.1, -0.05) is 13.8 Å². The molecule has 228 valence electrons. The van der Waals surface area contributed by atoms with Gasteiger partial charge >= 0.3 is 0 Å². The van der Waals surface area contributed by atoms with Crippen molar-refractivity contribution in [3.8, 4) is 5.75 Å². The lowest BCUT2D eigenvalue weighted by Crippen LogP contribution is -2.51. The van der Waals surface area contributed by atoms with Crippen LogP contribution >= 0.6 is 0 Å². The lowest BCUT2D eigenvalue weighted by atomic mass is 10.1. The third kappa shape index (κ3) is 6.67. The Labute approximate surface area is 253 Å². The summed E-state index contributed by atoms with van der Waals surface area (Å²) in [7, 11) is 5.47. The number of piperazine rings is 1. The maximum absolute atomic E-state index is 13.0. The molecular formula is C32H42N8O3. The highest BCUT2D eigenvalue weighted by atomic mass is 16.5. The first-order valence-corrected chi connectivity index (χ1v) is 14.9. The van der Waals surface area contributed by atoms with Crippen molar-refractivity contribution in [2.45, 2.75) is 33.2 Å². The third-order valence-corrected chi connectivity index (χ3v) is 8.19. The number of hydrogen-bond donors (Lipinski definition) is 2. The Morgan fingerprint density at radius 2 is 1.79 bits per heavy atom. The molecule has 11 heteroatoms. The Balaban J connectivity index is 1.29. The van der Waals surface area contributed by atoms with Crippen LogP contribution in [0.15, 0.2) is 48.7 Å². The number of fused-ring (bicyclic) bond motifs is 1. The van der Waals surface area contributed by atoms with Crippen LogP contribution in [0.25, 0.3) is 0 Å². The summed E-state index contributed by atoms with van der Waals surface area (Å²) in [6.45, 7) is 11.0. The van der Waals surface area contributed by atoms with Crippen molar-refractivity contribution in [3.63, 3.8) is 0 Å². The Hall–Kier alpha value is -4.38. The molecule has 0 aliphatic carbocycles. The molecule has 11 nitrogen and oxygen atoms in total. The molecule has 3 heterocycles. The molecule has 1 saturated heterocycles. The second kappa shape index (κ2) is 12.9. The second-order valence-electron chi connectivity index (χ2n) is 11.7. The summed E-state index contributed by atoms with van der Waals surface area (Å²) in [6, 6.07) is 12.8. The van der Waals surface area contributed by atoms with Crippen molar-refractivity contribution >= 4 is 46.3 Å². The number of carbonyl (C=O) groups excluding carboxylic acids is 2. The topological polar surface area (TPSA) is 106 Å². The van der Waals surface area contributed by atoms with Crippen LogP contribution in [0.4, 0.5) is 34.5 Å². The van der Waals surface area contributed by atoms with Gasteiger partial charge in [-0.25, -0.2) is 4.98 Å². The maximum Gasteiger partial charge on any atom is 0.255 e. The zero-order valence-electron chi connectivity index (χ0n) is 25.9. The van der Waals surface area contributed by atoms with Crippen LogP contribution in [0.1, 0.15) is 37.6 Å². The van der Waals surface area contributed by atoms with Gasteiger partial charge in [0.1, 0.15) is 17.5 Å². The molecule has 43 heavy (non-hydrogen) atoms. The Morgan fingerprint density at radius 1 is 1.07 bits per heavy atom. The molecule has 0 radical (unpaired) electrons. The van der Waals surface area contributed by atoms with Crippen LogP contribution in [-0.4, -0.2) is 86.7 Å². The van der Waals surface area contributed by atoms with Crippen molar-refractivity contribution in [1.82, 2.24) is 14.9 Å². The van der Waals surface area contributed by atoms with E-state index in [1.54, 1.807) is 31.3 Å². The summed E-state index contributed by atoms with van der Waals surface area (Å²) in [5, 5.41) is 6.22. The van der Waals surface area contributed by atoms with Gasteiger partial charge in [-0.05, 0) is 62.7 Å². The lowest BCUT2D eigenvalue weighted by Gasteiger charge is -2.39. The van der Waals surface area contributed by atoms with Crippen LogP contribution in [-0.2, 0) is 4.79 Å². The number of methoxy groups -OCH3 is 1. The first-order chi connectivity index (χ1) is 20.6. The molecule has 3 aromatic rings. The predicted molar refractivity (Wildman–Crippen MR) is 172 cm³/mol. The number of anilines is 6. The molecule has 1 fully saturated rings. The number of hydrogen-bond acceptors (Lipinski definition) is 9. The van der Waals surface area contributed by atoms with Gasteiger partial charge < -0.3 is 35.0 Å². The number of benzene rings is 2. The van der Waals surface area contributed by atoms with Gasteiger partial charge in [0.15, 0.2) is 5.82 Å². The van der Waals surface area contributed by atoms with E-state index in [0.717, 1.165) is 44.8 Å². The average molecular weight is 587 g/mol. The predicted octanol–water partition coefficient (Wildman–Crippen LogP) is 4.45. The van der Waals surface area contributed by atoms with Gasteiger partial charge in [0, 0.05) is 62.8 Å². The largest absolute Gasteiger partial charge is 0.494 e. The van der Waals surface area contributed by atoms with E-state index < -0.39 is 0 Å². The summed E-state index contributed by atoms with van der Waals surface area (Å²) < 4.78 is 5.64. The smallest absolute Gasteiger partial charge is 0.255 e. The van der Waals surface area contributed by atoms with Gasteiger partial charge in [-0.3, -0.25) is 9.59 Å². The van der Waals surface area contributed by atoms with Crippen LogP contribution in [0.2, 0.25) is 0 Å². The molecule has 0 unspecified atom stereocenters. The third-order valence-electron chi connectivity index (χ3n) is 8.19. The highest BCUT2D eigenvalue weighted by molar-refractivity contribution is 6.05. The van der Waals surface area contributed by atoms with E-state index in [9.17, 15) is 9.59 Å². The molecule has 1 aromatic heterocycles. The fourth-order valence-electron chi connectivity index (χ4n) is 5.37. The van der Waals surface area contributed by atoms with Crippen molar-refractivity contribution in [1.29, 1.82) is 0 Å². The molecular weight excluding hydrogens is 544 g/mol.